The van der Waals surface area contributed by atoms with Crippen LogP contribution in [0.4, 0.5) is 11.6 Å². The van der Waals surface area contributed by atoms with Crippen molar-refractivity contribution < 1.29 is 5.11 Å². The summed E-state index contributed by atoms with van der Waals surface area (Å²) >= 11 is 0. The summed E-state index contributed by atoms with van der Waals surface area (Å²) < 4.78 is 0. The van der Waals surface area contributed by atoms with Gasteiger partial charge in [0, 0.05) is 19.2 Å². The smallest absolute Gasteiger partial charge is 0.134 e. The lowest BCUT2D eigenvalue weighted by Crippen LogP contribution is -2.32. The number of aliphatic hydroxyl groups is 1. The summed E-state index contributed by atoms with van der Waals surface area (Å²) in [5, 5.41) is 16.0. The van der Waals surface area contributed by atoms with E-state index >= 15 is 0 Å². The Kier molecular flexibility index (Phi) is 4.06. The molecule has 0 radical (unpaired) electrons. The molecule has 5 nitrogen and oxygen atoms in total. The van der Waals surface area contributed by atoms with Crippen molar-refractivity contribution in [3.8, 4) is 0 Å². The van der Waals surface area contributed by atoms with Gasteiger partial charge in [-0.3, -0.25) is 0 Å². The second-order valence-electron chi connectivity index (χ2n) is 4.15. The van der Waals surface area contributed by atoms with Crippen molar-refractivity contribution in [3.05, 3.63) is 11.9 Å². The topological polar surface area (TPSA) is 70.1 Å². The van der Waals surface area contributed by atoms with Crippen molar-refractivity contribution in [2.45, 2.75) is 32.8 Å². The standard InChI is InChI=1S/C11H20N4O/c1-5-11(3,16)6-13-10-8(2)9(12-4)14-7-15-10/h7,16H,5-6H2,1-4H3,(H2,12,13,14,15). The van der Waals surface area contributed by atoms with Gasteiger partial charge in [-0.1, -0.05) is 6.92 Å². The third-order valence-corrected chi connectivity index (χ3v) is 2.72. The molecule has 0 aliphatic carbocycles. The zero-order chi connectivity index (χ0) is 12.2. The number of nitrogens with one attached hydrogen (secondary N) is 2. The minimum atomic E-state index is -0.711. The molecule has 3 N–H and O–H groups in total. The molecule has 5 heteroatoms. The molecule has 1 rings (SSSR count). The minimum absolute atomic E-state index is 0.477. The predicted molar refractivity (Wildman–Crippen MR) is 65.7 cm³/mol. The van der Waals surface area contributed by atoms with Crippen molar-refractivity contribution in [1.29, 1.82) is 0 Å². The molecule has 0 spiro atoms. The van der Waals surface area contributed by atoms with Gasteiger partial charge in [-0.05, 0) is 20.3 Å². The van der Waals surface area contributed by atoms with Crippen molar-refractivity contribution in [2.24, 2.45) is 0 Å². The maximum atomic E-state index is 9.88. The normalized spacial score (nSPS) is 14.3. The maximum Gasteiger partial charge on any atom is 0.134 e. The van der Waals surface area contributed by atoms with Crippen LogP contribution in [0, 0.1) is 6.92 Å². The van der Waals surface area contributed by atoms with E-state index in [9.17, 15) is 5.11 Å². The highest BCUT2D eigenvalue weighted by molar-refractivity contribution is 5.56. The molecule has 0 fully saturated rings. The molecule has 0 aliphatic heterocycles. The van der Waals surface area contributed by atoms with E-state index in [0.29, 0.717) is 13.0 Å². The van der Waals surface area contributed by atoms with Crippen molar-refractivity contribution in [3.63, 3.8) is 0 Å². The number of anilines is 2. The highest BCUT2D eigenvalue weighted by Crippen LogP contribution is 2.18. The van der Waals surface area contributed by atoms with E-state index in [1.54, 1.807) is 6.92 Å². The molecule has 1 aromatic rings. The van der Waals surface area contributed by atoms with Crippen LogP contribution in [0.2, 0.25) is 0 Å². The second-order valence-corrected chi connectivity index (χ2v) is 4.15. The summed E-state index contributed by atoms with van der Waals surface area (Å²) in [4.78, 5) is 8.25. The van der Waals surface area contributed by atoms with E-state index in [0.717, 1.165) is 17.2 Å². The molecule has 0 amide bonds. The molecule has 1 aromatic heterocycles. The number of hydrogen-bond acceptors (Lipinski definition) is 5. The monoisotopic (exact) mass is 224 g/mol. The molecule has 0 saturated carbocycles. The first kappa shape index (κ1) is 12.7. The fraction of sp³-hybridized carbons (Fsp3) is 0.636. The maximum absolute atomic E-state index is 9.88. The molecular formula is C11H20N4O. The van der Waals surface area contributed by atoms with Gasteiger partial charge in [0.2, 0.25) is 0 Å². The molecular weight excluding hydrogens is 204 g/mol. The molecule has 16 heavy (non-hydrogen) atoms. The van der Waals surface area contributed by atoms with E-state index in [2.05, 4.69) is 20.6 Å². The highest BCUT2D eigenvalue weighted by Gasteiger charge is 2.17. The van der Waals surface area contributed by atoms with Crippen LogP contribution in [0.15, 0.2) is 6.33 Å². The second kappa shape index (κ2) is 5.12. The van der Waals surface area contributed by atoms with Crippen LogP contribution in [-0.2, 0) is 0 Å². The van der Waals surface area contributed by atoms with E-state index in [1.165, 1.54) is 6.33 Å². The first-order valence-corrected chi connectivity index (χ1v) is 5.45. The Morgan fingerprint density at radius 3 is 2.56 bits per heavy atom. The Hall–Kier alpha value is -1.36. The van der Waals surface area contributed by atoms with Gasteiger partial charge in [-0.2, -0.15) is 0 Å². The van der Waals surface area contributed by atoms with E-state index in [1.807, 2.05) is 20.9 Å². The SMILES string of the molecule is CCC(C)(O)CNc1ncnc(NC)c1C. The van der Waals surface area contributed by atoms with Crippen molar-refractivity contribution in [1.82, 2.24) is 9.97 Å². The van der Waals surface area contributed by atoms with Crippen LogP contribution in [0.3, 0.4) is 0 Å². The van der Waals surface area contributed by atoms with Gasteiger partial charge in [-0.15, -0.1) is 0 Å². The lowest BCUT2D eigenvalue weighted by molar-refractivity contribution is 0.0696. The summed E-state index contributed by atoms with van der Waals surface area (Å²) in [7, 11) is 1.82. The average Bonchev–Trinajstić information content (AvgIpc) is 2.28. The zero-order valence-electron chi connectivity index (χ0n) is 10.3. The van der Waals surface area contributed by atoms with Gasteiger partial charge in [0.15, 0.2) is 0 Å². The quantitative estimate of drug-likeness (QED) is 0.705. The zero-order valence-corrected chi connectivity index (χ0v) is 10.3. The van der Waals surface area contributed by atoms with Crippen molar-refractivity contribution >= 4 is 11.6 Å². The number of rotatable bonds is 5. The number of hydrogen-bond donors (Lipinski definition) is 3. The largest absolute Gasteiger partial charge is 0.388 e. The average molecular weight is 224 g/mol. The molecule has 0 aliphatic rings. The van der Waals surface area contributed by atoms with Crippen LogP contribution >= 0.6 is 0 Å². The third-order valence-electron chi connectivity index (χ3n) is 2.72. The molecule has 0 saturated heterocycles. The van der Waals surface area contributed by atoms with Gasteiger partial charge in [0.05, 0.1) is 5.60 Å². The van der Waals surface area contributed by atoms with Crippen LogP contribution in [0.1, 0.15) is 25.8 Å². The summed E-state index contributed by atoms with van der Waals surface area (Å²) in [6.07, 6.45) is 2.20. The van der Waals surface area contributed by atoms with Gasteiger partial charge in [0.1, 0.15) is 18.0 Å². The first-order valence-electron chi connectivity index (χ1n) is 5.45. The third kappa shape index (κ3) is 3.06. The van der Waals surface area contributed by atoms with Gasteiger partial charge >= 0.3 is 0 Å². The summed E-state index contributed by atoms with van der Waals surface area (Å²) in [5.74, 6) is 1.56. The molecule has 0 aromatic carbocycles. The molecule has 90 valence electrons. The van der Waals surface area contributed by atoms with E-state index in [4.69, 9.17) is 0 Å². The minimum Gasteiger partial charge on any atom is -0.388 e. The molecule has 0 bridgehead atoms. The Labute approximate surface area is 96.3 Å². The summed E-state index contributed by atoms with van der Waals surface area (Å²) in [6, 6.07) is 0. The van der Waals surface area contributed by atoms with Gasteiger partial charge < -0.3 is 15.7 Å². The summed E-state index contributed by atoms with van der Waals surface area (Å²) in [6.45, 7) is 6.17. The van der Waals surface area contributed by atoms with Crippen LogP contribution in [0.5, 0.6) is 0 Å². The van der Waals surface area contributed by atoms with Crippen LogP contribution in [0.25, 0.3) is 0 Å². The lowest BCUT2D eigenvalue weighted by atomic mass is 10.0. The van der Waals surface area contributed by atoms with Crippen LogP contribution < -0.4 is 10.6 Å². The Morgan fingerprint density at radius 1 is 1.38 bits per heavy atom. The highest BCUT2D eigenvalue weighted by atomic mass is 16.3. The van der Waals surface area contributed by atoms with E-state index in [-0.39, 0.29) is 0 Å². The first-order chi connectivity index (χ1) is 7.50. The van der Waals surface area contributed by atoms with Crippen molar-refractivity contribution in [2.75, 3.05) is 24.2 Å². The van der Waals surface area contributed by atoms with Gasteiger partial charge in [-0.25, -0.2) is 9.97 Å². The fourth-order valence-corrected chi connectivity index (χ4v) is 1.28. The van der Waals surface area contributed by atoms with Gasteiger partial charge in [0.25, 0.3) is 0 Å². The Balaban J connectivity index is 2.75. The lowest BCUT2D eigenvalue weighted by Gasteiger charge is -2.22. The number of nitrogens with zero attached hydrogens (tertiary/aromatic N) is 2. The predicted octanol–water partition coefficient (Wildman–Crippen LogP) is 1.40. The molecule has 1 heterocycles. The number of aromatic nitrogens is 2. The molecule has 1 unspecified atom stereocenters. The van der Waals surface area contributed by atoms with Crippen LogP contribution in [-0.4, -0.2) is 34.3 Å². The van der Waals surface area contributed by atoms with E-state index < -0.39 is 5.60 Å². The fourth-order valence-electron chi connectivity index (χ4n) is 1.28. The Bertz CT molecular complexity index is 352. The molecule has 1 atom stereocenters. The Morgan fingerprint density at radius 2 is 2.00 bits per heavy atom. The summed E-state index contributed by atoms with van der Waals surface area (Å²) in [5.41, 5.74) is 0.244.